The summed E-state index contributed by atoms with van der Waals surface area (Å²) in [4.78, 5) is 4.00. The molecule has 0 aromatic carbocycles. The van der Waals surface area contributed by atoms with Gasteiger partial charge in [0.15, 0.2) is 0 Å². The van der Waals surface area contributed by atoms with Crippen LogP contribution in [0.4, 0.5) is 5.69 Å². The van der Waals surface area contributed by atoms with E-state index in [1.807, 2.05) is 6.92 Å². The maximum atomic E-state index is 5.65. The fraction of sp³-hybridized carbons (Fsp3) is 0.545. The normalized spacial score (nSPS) is 10.3. The molecule has 1 heterocycles. The molecule has 90 valence electrons. The van der Waals surface area contributed by atoms with E-state index in [2.05, 4.69) is 4.98 Å². The minimum Gasteiger partial charge on any atom is -0.474 e. The average Bonchev–Trinajstić information content (AvgIpc) is 2.30. The van der Waals surface area contributed by atoms with E-state index >= 15 is 0 Å². The van der Waals surface area contributed by atoms with E-state index in [0.717, 1.165) is 0 Å². The fourth-order valence-electron chi connectivity index (χ4n) is 1.09. The van der Waals surface area contributed by atoms with Crippen LogP contribution in [0, 0.1) is 0 Å². The molecular weight excluding hydrogens is 208 g/mol. The van der Waals surface area contributed by atoms with Gasteiger partial charge in [-0.1, -0.05) is 0 Å². The lowest BCUT2D eigenvalue weighted by molar-refractivity contribution is 0.0400. The van der Waals surface area contributed by atoms with Crippen LogP contribution in [0.2, 0.25) is 0 Å². The van der Waals surface area contributed by atoms with Crippen molar-refractivity contribution >= 4 is 5.69 Å². The van der Waals surface area contributed by atoms with Crippen molar-refractivity contribution < 1.29 is 14.2 Å². The first-order valence-electron chi connectivity index (χ1n) is 5.33. The quantitative estimate of drug-likeness (QED) is 0.672. The van der Waals surface area contributed by atoms with Crippen LogP contribution >= 0.6 is 0 Å². The van der Waals surface area contributed by atoms with Crippen molar-refractivity contribution in [2.45, 2.75) is 6.92 Å². The summed E-state index contributed by atoms with van der Waals surface area (Å²) >= 11 is 0. The van der Waals surface area contributed by atoms with E-state index in [1.54, 1.807) is 18.3 Å². The topological polar surface area (TPSA) is 66.6 Å². The maximum Gasteiger partial charge on any atom is 0.237 e. The number of pyridine rings is 1. The van der Waals surface area contributed by atoms with Gasteiger partial charge in [-0.3, -0.25) is 0 Å². The number of aromatic nitrogens is 1. The van der Waals surface area contributed by atoms with E-state index in [-0.39, 0.29) is 0 Å². The van der Waals surface area contributed by atoms with Gasteiger partial charge in [-0.05, 0) is 19.1 Å². The highest BCUT2D eigenvalue weighted by Crippen LogP contribution is 2.15. The predicted octanol–water partition coefficient (Wildman–Crippen LogP) is 1.10. The highest BCUT2D eigenvalue weighted by molar-refractivity contribution is 5.46. The van der Waals surface area contributed by atoms with Crippen molar-refractivity contribution in [2.75, 3.05) is 38.8 Å². The lowest BCUT2D eigenvalue weighted by Crippen LogP contribution is -2.11. The largest absolute Gasteiger partial charge is 0.474 e. The molecule has 0 aliphatic rings. The lowest BCUT2D eigenvalue weighted by atomic mass is 10.4. The van der Waals surface area contributed by atoms with Gasteiger partial charge in [0, 0.05) is 12.8 Å². The van der Waals surface area contributed by atoms with Gasteiger partial charge >= 0.3 is 0 Å². The molecule has 0 spiro atoms. The second-order valence-electron chi connectivity index (χ2n) is 3.06. The number of anilines is 1. The van der Waals surface area contributed by atoms with Gasteiger partial charge in [0.1, 0.15) is 6.61 Å². The third-order valence-corrected chi connectivity index (χ3v) is 1.84. The summed E-state index contributed by atoms with van der Waals surface area (Å²) in [6, 6.07) is 3.51. The summed E-state index contributed by atoms with van der Waals surface area (Å²) in [5.41, 5.74) is 6.19. The monoisotopic (exact) mass is 226 g/mol. The summed E-state index contributed by atoms with van der Waals surface area (Å²) in [5, 5.41) is 0. The van der Waals surface area contributed by atoms with Gasteiger partial charge in [-0.25, -0.2) is 4.98 Å². The first kappa shape index (κ1) is 12.7. The summed E-state index contributed by atoms with van der Waals surface area (Å²) in [6.45, 7) is 4.80. The Morgan fingerprint density at radius 2 is 1.94 bits per heavy atom. The van der Waals surface area contributed by atoms with Crippen molar-refractivity contribution in [2.24, 2.45) is 0 Å². The zero-order chi connectivity index (χ0) is 11.6. The number of hydrogen-bond donors (Lipinski definition) is 1. The average molecular weight is 226 g/mol. The smallest absolute Gasteiger partial charge is 0.237 e. The number of ether oxygens (including phenoxy) is 3. The Labute approximate surface area is 95.5 Å². The van der Waals surface area contributed by atoms with E-state index in [1.165, 1.54) is 0 Å². The van der Waals surface area contributed by atoms with Crippen molar-refractivity contribution in [1.82, 2.24) is 4.98 Å². The van der Waals surface area contributed by atoms with E-state index in [9.17, 15) is 0 Å². The van der Waals surface area contributed by atoms with Gasteiger partial charge in [0.05, 0.1) is 25.5 Å². The van der Waals surface area contributed by atoms with E-state index in [4.69, 9.17) is 19.9 Å². The molecule has 1 aromatic heterocycles. The van der Waals surface area contributed by atoms with Crippen LogP contribution in [-0.2, 0) is 9.47 Å². The Hall–Kier alpha value is -1.33. The van der Waals surface area contributed by atoms with Crippen LogP contribution in [-0.4, -0.2) is 38.0 Å². The first-order chi connectivity index (χ1) is 7.84. The minimum absolute atomic E-state index is 0.438. The van der Waals surface area contributed by atoms with Gasteiger partial charge < -0.3 is 19.9 Å². The number of nitrogen functional groups attached to an aromatic ring is 1. The number of nitrogens with two attached hydrogens (primary N) is 1. The van der Waals surface area contributed by atoms with E-state index in [0.29, 0.717) is 44.6 Å². The van der Waals surface area contributed by atoms with Crippen LogP contribution in [0.15, 0.2) is 18.3 Å². The van der Waals surface area contributed by atoms with Crippen molar-refractivity contribution in [3.63, 3.8) is 0 Å². The molecule has 0 amide bonds. The molecule has 1 rings (SSSR count). The van der Waals surface area contributed by atoms with E-state index < -0.39 is 0 Å². The standard InChI is InChI=1S/C11H18N2O3/c1-2-14-6-7-15-8-9-16-11-10(12)4-3-5-13-11/h3-5H,2,6-9,12H2,1H3. The molecule has 2 N–H and O–H groups in total. The first-order valence-corrected chi connectivity index (χ1v) is 5.33. The number of hydrogen-bond acceptors (Lipinski definition) is 5. The Morgan fingerprint density at radius 1 is 1.19 bits per heavy atom. The molecule has 0 fully saturated rings. The molecule has 0 radical (unpaired) electrons. The second-order valence-corrected chi connectivity index (χ2v) is 3.06. The Balaban J connectivity index is 2.05. The molecule has 5 heteroatoms. The van der Waals surface area contributed by atoms with Gasteiger partial charge in [0.2, 0.25) is 5.88 Å². The summed E-state index contributed by atoms with van der Waals surface area (Å²) < 4.78 is 15.7. The van der Waals surface area contributed by atoms with Crippen LogP contribution in [0.25, 0.3) is 0 Å². The van der Waals surface area contributed by atoms with Gasteiger partial charge in [0.25, 0.3) is 0 Å². The maximum absolute atomic E-state index is 5.65. The molecule has 0 bridgehead atoms. The lowest BCUT2D eigenvalue weighted by Gasteiger charge is -2.07. The van der Waals surface area contributed by atoms with Crippen LogP contribution in [0.5, 0.6) is 5.88 Å². The predicted molar refractivity (Wildman–Crippen MR) is 61.5 cm³/mol. The third-order valence-electron chi connectivity index (χ3n) is 1.84. The van der Waals surface area contributed by atoms with Crippen LogP contribution < -0.4 is 10.5 Å². The van der Waals surface area contributed by atoms with Gasteiger partial charge in [-0.15, -0.1) is 0 Å². The minimum atomic E-state index is 0.438. The second kappa shape index (κ2) is 7.90. The fourth-order valence-corrected chi connectivity index (χ4v) is 1.09. The zero-order valence-electron chi connectivity index (χ0n) is 9.52. The number of nitrogens with zero attached hydrogens (tertiary/aromatic N) is 1. The van der Waals surface area contributed by atoms with Crippen molar-refractivity contribution in [3.05, 3.63) is 18.3 Å². The summed E-state index contributed by atoms with van der Waals surface area (Å²) in [7, 11) is 0. The summed E-state index contributed by atoms with van der Waals surface area (Å²) in [6.07, 6.45) is 1.64. The molecule has 16 heavy (non-hydrogen) atoms. The highest BCUT2D eigenvalue weighted by Gasteiger charge is 1.99. The molecule has 5 nitrogen and oxygen atoms in total. The van der Waals surface area contributed by atoms with Crippen molar-refractivity contribution in [3.8, 4) is 5.88 Å². The molecule has 1 aromatic rings. The number of rotatable bonds is 8. The Morgan fingerprint density at radius 3 is 2.69 bits per heavy atom. The SMILES string of the molecule is CCOCCOCCOc1ncccc1N. The highest BCUT2D eigenvalue weighted by atomic mass is 16.5. The molecule has 0 saturated heterocycles. The molecule has 0 aliphatic heterocycles. The Bertz CT molecular complexity index is 294. The Kier molecular flexibility index (Phi) is 6.29. The van der Waals surface area contributed by atoms with Crippen LogP contribution in [0.3, 0.4) is 0 Å². The molecule has 0 unspecified atom stereocenters. The van der Waals surface area contributed by atoms with Gasteiger partial charge in [-0.2, -0.15) is 0 Å². The molecule has 0 atom stereocenters. The van der Waals surface area contributed by atoms with Crippen LogP contribution in [0.1, 0.15) is 6.92 Å². The summed E-state index contributed by atoms with van der Waals surface area (Å²) in [5.74, 6) is 0.455. The zero-order valence-corrected chi connectivity index (χ0v) is 9.52. The van der Waals surface area contributed by atoms with Crippen molar-refractivity contribution in [1.29, 1.82) is 0 Å². The molecule has 0 aliphatic carbocycles. The molecule has 0 saturated carbocycles. The third kappa shape index (κ3) is 4.95. The molecular formula is C11H18N2O3.